The summed E-state index contributed by atoms with van der Waals surface area (Å²) in [5, 5.41) is 6.82. The highest BCUT2D eigenvalue weighted by Gasteiger charge is 2.34. The van der Waals surface area contributed by atoms with Crippen molar-refractivity contribution in [3.63, 3.8) is 0 Å². The quantitative estimate of drug-likeness (QED) is 0.884. The van der Waals surface area contributed by atoms with Crippen molar-refractivity contribution >= 4 is 5.91 Å². The van der Waals surface area contributed by atoms with Gasteiger partial charge < -0.3 is 10.1 Å². The second kappa shape index (κ2) is 6.87. The smallest absolute Gasteiger partial charge is 0.377 e. The Hall–Kier alpha value is -2.75. The van der Waals surface area contributed by atoms with E-state index in [1.54, 1.807) is 13.0 Å². The van der Waals surface area contributed by atoms with Gasteiger partial charge in [0.15, 0.2) is 0 Å². The maximum atomic E-state index is 12.5. The number of pyridine rings is 1. The predicted octanol–water partition coefficient (Wildman–Crippen LogP) is 1.34. The van der Waals surface area contributed by atoms with Crippen molar-refractivity contribution in [1.82, 2.24) is 20.1 Å². The number of aryl methyl sites for hydroxylation is 1. The van der Waals surface area contributed by atoms with Gasteiger partial charge in [-0.1, -0.05) is 0 Å². The standard InChI is InChI=1S/C16H15F3N4O3/c1-9-2-5-14(24)23(22-9)12-8-26-7-11(12)21-15(25)10-3-4-13(20-6-10)16(17,18)19/h2-6,11-12H,7-8H2,1H3,(H,21,25). The Morgan fingerprint density at radius 2 is 2.04 bits per heavy atom. The topological polar surface area (TPSA) is 86.1 Å². The third kappa shape index (κ3) is 3.74. The van der Waals surface area contributed by atoms with Gasteiger partial charge in [-0.05, 0) is 25.1 Å². The minimum absolute atomic E-state index is 0.0202. The molecule has 26 heavy (non-hydrogen) atoms. The number of carbonyl (C=O) groups excluding carboxylic acids is 1. The van der Waals surface area contributed by atoms with Gasteiger partial charge in [0.05, 0.1) is 30.5 Å². The molecule has 2 aromatic heterocycles. The number of alkyl halides is 3. The molecule has 0 radical (unpaired) electrons. The van der Waals surface area contributed by atoms with Gasteiger partial charge >= 0.3 is 6.18 Å². The van der Waals surface area contributed by atoms with Crippen LogP contribution in [-0.4, -0.2) is 39.9 Å². The molecule has 1 aliphatic rings. The summed E-state index contributed by atoms with van der Waals surface area (Å²) in [7, 11) is 0. The van der Waals surface area contributed by atoms with E-state index in [1.807, 2.05) is 0 Å². The van der Waals surface area contributed by atoms with Gasteiger partial charge in [-0.25, -0.2) is 4.68 Å². The Balaban J connectivity index is 1.76. The first-order chi connectivity index (χ1) is 12.3. The number of halogens is 3. The molecule has 138 valence electrons. The number of hydrogen-bond acceptors (Lipinski definition) is 5. The van der Waals surface area contributed by atoms with Crippen LogP contribution in [-0.2, 0) is 10.9 Å². The van der Waals surface area contributed by atoms with Crippen LogP contribution in [0.1, 0.15) is 27.8 Å². The van der Waals surface area contributed by atoms with Gasteiger partial charge in [0.2, 0.25) is 0 Å². The zero-order valence-corrected chi connectivity index (χ0v) is 13.7. The van der Waals surface area contributed by atoms with E-state index in [4.69, 9.17) is 4.74 Å². The summed E-state index contributed by atoms with van der Waals surface area (Å²) in [5.41, 5.74) is -0.796. The second-order valence-electron chi connectivity index (χ2n) is 5.87. The molecule has 0 aromatic carbocycles. The Morgan fingerprint density at radius 1 is 1.27 bits per heavy atom. The minimum atomic E-state index is -4.57. The lowest BCUT2D eigenvalue weighted by Gasteiger charge is -2.20. The fourth-order valence-electron chi connectivity index (χ4n) is 2.63. The van der Waals surface area contributed by atoms with Crippen molar-refractivity contribution in [3.8, 4) is 0 Å². The van der Waals surface area contributed by atoms with Gasteiger partial charge in [-0.15, -0.1) is 0 Å². The van der Waals surface area contributed by atoms with E-state index in [0.717, 1.165) is 18.3 Å². The van der Waals surface area contributed by atoms with E-state index in [1.165, 1.54) is 10.7 Å². The molecule has 1 aliphatic heterocycles. The molecule has 10 heteroatoms. The fraction of sp³-hybridized carbons (Fsp3) is 0.375. The van der Waals surface area contributed by atoms with Gasteiger partial charge in [-0.3, -0.25) is 14.6 Å². The molecule has 0 bridgehead atoms. The highest BCUT2D eigenvalue weighted by atomic mass is 19.4. The van der Waals surface area contributed by atoms with Crippen LogP contribution in [0, 0.1) is 6.92 Å². The molecule has 1 N–H and O–H groups in total. The second-order valence-corrected chi connectivity index (χ2v) is 5.87. The van der Waals surface area contributed by atoms with Crippen molar-refractivity contribution < 1.29 is 22.7 Å². The molecule has 0 saturated carbocycles. The van der Waals surface area contributed by atoms with E-state index >= 15 is 0 Å². The van der Waals surface area contributed by atoms with Crippen LogP contribution < -0.4 is 10.9 Å². The Kier molecular flexibility index (Phi) is 4.77. The van der Waals surface area contributed by atoms with Gasteiger partial charge in [0, 0.05) is 12.3 Å². The first-order valence-electron chi connectivity index (χ1n) is 7.74. The van der Waals surface area contributed by atoms with Gasteiger partial charge in [0.1, 0.15) is 11.7 Å². The van der Waals surface area contributed by atoms with Crippen molar-refractivity contribution in [1.29, 1.82) is 0 Å². The van der Waals surface area contributed by atoms with E-state index in [-0.39, 0.29) is 24.3 Å². The van der Waals surface area contributed by atoms with Crippen LogP contribution in [0.5, 0.6) is 0 Å². The zero-order chi connectivity index (χ0) is 18.9. The molecule has 2 unspecified atom stereocenters. The molecular formula is C16H15F3N4O3. The third-order valence-electron chi connectivity index (χ3n) is 3.96. The molecule has 7 nitrogen and oxygen atoms in total. The molecule has 2 aromatic rings. The van der Waals surface area contributed by atoms with Crippen LogP contribution >= 0.6 is 0 Å². The predicted molar refractivity (Wildman–Crippen MR) is 83.6 cm³/mol. The molecule has 0 aliphatic carbocycles. The summed E-state index contributed by atoms with van der Waals surface area (Å²) in [6, 6.07) is 3.69. The molecular weight excluding hydrogens is 353 g/mol. The number of hydrogen-bond donors (Lipinski definition) is 1. The van der Waals surface area contributed by atoms with E-state index in [9.17, 15) is 22.8 Å². The summed E-state index contributed by atoms with van der Waals surface area (Å²) in [6.45, 7) is 2.08. The van der Waals surface area contributed by atoms with E-state index in [0.29, 0.717) is 5.69 Å². The molecule has 3 heterocycles. The minimum Gasteiger partial charge on any atom is -0.377 e. The lowest BCUT2D eigenvalue weighted by molar-refractivity contribution is -0.141. The third-order valence-corrected chi connectivity index (χ3v) is 3.96. The van der Waals surface area contributed by atoms with Crippen LogP contribution in [0.25, 0.3) is 0 Å². The van der Waals surface area contributed by atoms with Crippen LogP contribution in [0.15, 0.2) is 35.3 Å². The van der Waals surface area contributed by atoms with E-state index in [2.05, 4.69) is 15.4 Å². The van der Waals surface area contributed by atoms with Crippen molar-refractivity contribution in [2.75, 3.05) is 13.2 Å². The van der Waals surface area contributed by atoms with Crippen molar-refractivity contribution in [3.05, 3.63) is 57.8 Å². The van der Waals surface area contributed by atoms with Crippen molar-refractivity contribution in [2.24, 2.45) is 0 Å². The Labute approximate surface area is 145 Å². The maximum absolute atomic E-state index is 12.5. The first-order valence-corrected chi connectivity index (χ1v) is 7.74. The normalized spacial score (nSPS) is 20.2. The molecule has 2 atom stereocenters. The number of rotatable bonds is 3. The number of amides is 1. The van der Waals surface area contributed by atoms with E-state index < -0.39 is 29.9 Å². The lowest BCUT2D eigenvalue weighted by atomic mass is 10.1. The fourth-order valence-corrected chi connectivity index (χ4v) is 2.63. The Bertz CT molecular complexity index is 864. The lowest BCUT2D eigenvalue weighted by Crippen LogP contribution is -2.44. The summed E-state index contributed by atoms with van der Waals surface area (Å²) in [5.74, 6) is -0.604. The maximum Gasteiger partial charge on any atom is 0.433 e. The average Bonchev–Trinajstić information content (AvgIpc) is 3.04. The largest absolute Gasteiger partial charge is 0.433 e. The molecule has 1 amide bonds. The monoisotopic (exact) mass is 368 g/mol. The van der Waals surface area contributed by atoms with Crippen LogP contribution in [0.4, 0.5) is 13.2 Å². The number of nitrogens with zero attached hydrogens (tertiary/aromatic N) is 3. The Morgan fingerprint density at radius 3 is 2.69 bits per heavy atom. The van der Waals surface area contributed by atoms with Crippen LogP contribution in [0.3, 0.4) is 0 Å². The number of ether oxygens (including phenoxy) is 1. The average molecular weight is 368 g/mol. The molecule has 1 fully saturated rings. The SMILES string of the molecule is Cc1ccc(=O)n(C2COCC2NC(=O)c2ccc(C(F)(F)F)nc2)n1. The zero-order valence-electron chi connectivity index (χ0n) is 13.7. The summed E-state index contributed by atoms with van der Waals surface area (Å²) in [4.78, 5) is 27.6. The van der Waals surface area contributed by atoms with Crippen molar-refractivity contribution in [2.45, 2.75) is 25.2 Å². The summed E-state index contributed by atoms with van der Waals surface area (Å²) >= 11 is 0. The first kappa shape index (κ1) is 18.1. The number of carbonyl (C=O) groups is 1. The highest BCUT2D eigenvalue weighted by Crippen LogP contribution is 2.27. The molecule has 3 rings (SSSR count). The molecule has 0 spiro atoms. The van der Waals surface area contributed by atoms with Gasteiger partial charge in [-0.2, -0.15) is 18.3 Å². The summed E-state index contributed by atoms with van der Waals surface area (Å²) in [6.07, 6.45) is -3.71. The van der Waals surface area contributed by atoms with Crippen LogP contribution in [0.2, 0.25) is 0 Å². The highest BCUT2D eigenvalue weighted by molar-refractivity contribution is 5.94. The summed E-state index contributed by atoms with van der Waals surface area (Å²) < 4.78 is 44.2. The number of nitrogens with one attached hydrogen (secondary N) is 1. The van der Waals surface area contributed by atoms with Gasteiger partial charge in [0.25, 0.3) is 11.5 Å². The number of aromatic nitrogens is 3. The molecule has 1 saturated heterocycles.